The van der Waals surface area contributed by atoms with Crippen LogP contribution in [0.3, 0.4) is 0 Å². The summed E-state index contributed by atoms with van der Waals surface area (Å²) >= 11 is 17.6. The zero-order chi connectivity index (χ0) is 18.7. The lowest BCUT2D eigenvalue weighted by atomic mass is 9.99. The van der Waals surface area contributed by atoms with Crippen molar-refractivity contribution in [1.82, 2.24) is 10.2 Å². The molecule has 136 valence electrons. The maximum atomic E-state index is 12.9. The van der Waals surface area contributed by atoms with Crippen LogP contribution in [0, 0.1) is 11.8 Å². The lowest BCUT2D eigenvalue weighted by Crippen LogP contribution is -2.52. The van der Waals surface area contributed by atoms with Gasteiger partial charge in [0.25, 0.3) is 11.8 Å². The van der Waals surface area contributed by atoms with Gasteiger partial charge >= 0.3 is 0 Å². The quantitative estimate of drug-likeness (QED) is 0.700. The van der Waals surface area contributed by atoms with Crippen molar-refractivity contribution in [2.45, 2.75) is 56.4 Å². The number of carbonyl (C=O) groups is 3. The maximum Gasteiger partial charge on any atom is 0.253 e. The van der Waals surface area contributed by atoms with Gasteiger partial charge in [-0.2, -0.15) is 0 Å². The standard InChI is InChI=1S/C16H23Cl3N2O3/c1-9(2)7-12-5-6-14(23)21(12)15(24)13(20-11(4)22)8-10(3)16(17,18)19/h5-6,9-10,12-13H,7-8H2,1-4H3,(H,20,22). The van der Waals surface area contributed by atoms with Gasteiger partial charge in [0.05, 0.1) is 6.04 Å². The molecule has 3 amide bonds. The van der Waals surface area contributed by atoms with E-state index in [9.17, 15) is 14.4 Å². The molecule has 24 heavy (non-hydrogen) atoms. The highest BCUT2D eigenvalue weighted by Crippen LogP contribution is 2.37. The zero-order valence-electron chi connectivity index (χ0n) is 14.2. The van der Waals surface area contributed by atoms with Gasteiger partial charge in [0.15, 0.2) is 3.79 Å². The molecule has 1 aliphatic heterocycles. The fourth-order valence-electron chi connectivity index (χ4n) is 2.58. The van der Waals surface area contributed by atoms with Crippen molar-refractivity contribution in [2.75, 3.05) is 0 Å². The number of alkyl halides is 3. The fraction of sp³-hybridized carbons (Fsp3) is 0.688. The Kier molecular flexibility index (Phi) is 7.57. The SMILES string of the molecule is CC(=O)NC(CC(C)C(Cl)(Cl)Cl)C(=O)N1C(=O)C=CC1CC(C)C. The van der Waals surface area contributed by atoms with Crippen molar-refractivity contribution < 1.29 is 14.4 Å². The van der Waals surface area contributed by atoms with Crippen LogP contribution in [0.25, 0.3) is 0 Å². The van der Waals surface area contributed by atoms with E-state index in [1.54, 1.807) is 13.0 Å². The van der Waals surface area contributed by atoms with Crippen molar-refractivity contribution in [1.29, 1.82) is 0 Å². The summed E-state index contributed by atoms with van der Waals surface area (Å²) in [4.78, 5) is 37.6. The highest BCUT2D eigenvalue weighted by atomic mass is 35.6. The van der Waals surface area contributed by atoms with E-state index in [2.05, 4.69) is 5.32 Å². The normalized spacial score (nSPS) is 20.4. The van der Waals surface area contributed by atoms with Crippen molar-refractivity contribution >= 4 is 52.5 Å². The molecule has 0 spiro atoms. The summed E-state index contributed by atoms with van der Waals surface area (Å²) in [6, 6.07) is -1.24. The Bertz CT molecular complexity index is 529. The molecule has 1 aliphatic rings. The number of nitrogens with one attached hydrogen (secondary N) is 1. The summed E-state index contributed by atoms with van der Waals surface area (Å²) in [6.07, 6.45) is 3.87. The lowest BCUT2D eigenvalue weighted by Gasteiger charge is -2.31. The molecule has 0 bridgehead atoms. The molecular formula is C16H23Cl3N2O3. The molecule has 5 nitrogen and oxygen atoms in total. The van der Waals surface area contributed by atoms with E-state index in [1.165, 1.54) is 17.9 Å². The predicted molar refractivity (Wildman–Crippen MR) is 95.9 cm³/mol. The first-order valence-electron chi connectivity index (χ1n) is 7.82. The summed E-state index contributed by atoms with van der Waals surface area (Å²) in [5.74, 6) is -1.43. The molecule has 1 heterocycles. The second kappa shape index (κ2) is 8.54. The molecule has 8 heteroatoms. The van der Waals surface area contributed by atoms with Crippen LogP contribution in [-0.4, -0.2) is 38.5 Å². The summed E-state index contributed by atoms with van der Waals surface area (Å²) in [6.45, 7) is 6.99. The van der Waals surface area contributed by atoms with Crippen LogP contribution in [0.4, 0.5) is 0 Å². The molecule has 1 rings (SSSR count). The minimum absolute atomic E-state index is 0.118. The molecule has 0 aromatic rings. The van der Waals surface area contributed by atoms with Gasteiger partial charge in [0.1, 0.15) is 6.04 Å². The van der Waals surface area contributed by atoms with Gasteiger partial charge in [0.2, 0.25) is 5.91 Å². The first-order chi connectivity index (χ1) is 10.9. The molecule has 0 fully saturated rings. The molecule has 0 aromatic carbocycles. The Morgan fingerprint density at radius 2 is 1.88 bits per heavy atom. The number of hydrogen-bond donors (Lipinski definition) is 1. The first-order valence-corrected chi connectivity index (χ1v) is 8.96. The van der Waals surface area contributed by atoms with Crippen LogP contribution < -0.4 is 5.32 Å². The van der Waals surface area contributed by atoms with E-state index in [0.29, 0.717) is 12.3 Å². The Morgan fingerprint density at radius 1 is 1.29 bits per heavy atom. The van der Waals surface area contributed by atoms with Gasteiger partial charge in [-0.1, -0.05) is 61.7 Å². The molecule has 0 aromatic heterocycles. The average Bonchev–Trinajstić information content (AvgIpc) is 2.75. The number of hydrogen-bond acceptors (Lipinski definition) is 3. The number of amides is 3. The molecule has 0 aliphatic carbocycles. The van der Waals surface area contributed by atoms with Crippen LogP contribution in [0.5, 0.6) is 0 Å². The van der Waals surface area contributed by atoms with Gasteiger partial charge in [-0.25, -0.2) is 0 Å². The largest absolute Gasteiger partial charge is 0.345 e. The van der Waals surface area contributed by atoms with Crippen molar-refractivity contribution in [3.8, 4) is 0 Å². The zero-order valence-corrected chi connectivity index (χ0v) is 16.5. The molecule has 3 unspecified atom stereocenters. The third-order valence-corrected chi connectivity index (χ3v) is 4.92. The Morgan fingerprint density at radius 3 is 2.33 bits per heavy atom. The number of carbonyl (C=O) groups excluding carboxylic acids is 3. The van der Waals surface area contributed by atoms with Crippen LogP contribution in [-0.2, 0) is 14.4 Å². The van der Waals surface area contributed by atoms with Gasteiger partial charge in [-0.3, -0.25) is 19.3 Å². The number of imide groups is 1. The third kappa shape index (κ3) is 5.94. The van der Waals surface area contributed by atoms with Gasteiger partial charge < -0.3 is 5.32 Å². The van der Waals surface area contributed by atoms with Crippen molar-refractivity contribution in [3.63, 3.8) is 0 Å². The third-order valence-electron chi connectivity index (χ3n) is 3.80. The minimum atomic E-state index is -1.57. The minimum Gasteiger partial charge on any atom is -0.345 e. The van der Waals surface area contributed by atoms with Crippen molar-refractivity contribution in [2.24, 2.45) is 11.8 Å². The molecule has 0 radical (unpaired) electrons. The van der Waals surface area contributed by atoms with E-state index >= 15 is 0 Å². The van der Waals surface area contributed by atoms with Gasteiger partial charge in [-0.05, 0) is 18.8 Å². The van der Waals surface area contributed by atoms with E-state index in [0.717, 1.165) is 0 Å². The molecule has 0 saturated heterocycles. The number of rotatable bonds is 6. The second-order valence-electron chi connectivity index (χ2n) is 6.53. The number of nitrogens with zero attached hydrogens (tertiary/aromatic N) is 1. The van der Waals surface area contributed by atoms with Crippen LogP contribution in [0.2, 0.25) is 0 Å². The Balaban J connectivity index is 2.97. The Labute approximate surface area is 157 Å². The topological polar surface area (TPSA) is 66.5 Å². The fourth-order valence-corrected chi connectivity index (χ4v) is 2.85. The molecular weight excluding hydrogens is 375 g/mol. The van der Waals surface area contributed by atoms with Crippen LogP contribution >= 0.6 is 34.8 Å². The van der Waals surface area contributed by atoms with E-state index in [4.69, 9.17) is 34.8 Å². The highest BCUT2D eigenvalue weighted by Gasteiger charge is 2.39. The van der Waals surface area contributed by atoms with Crippen molar-refractivity contribution in [3.05, 3.63) is 12.2 Å². The van der Waals surface area contributed by atoms with E-state index < -0.39 is 21.7 Å². The second-order valence-corrected chi connectivity index (χ2v) is 8.90. The van der Waals surface area contributed by atoms with Crippen LogP contribution in [0.15, 0.2) is 12.2 Å². The molecule has 3 atom stereocenters. The summed E-state index contributed by atoms with van der Waals surface area (Å²) in [5.41, 5.74) is 0. The maximum absolute atomic E-state index is 12.9. The first kappa shape index (κ1) is 21.3. The highest BCUT2D eigenvalue weighted by molar-refractivity contribution is 6.67. The number of halogens is 3. The summed E-state index contributed by atoms with van der Waals surface area (Å²) < 4.78 is -1.57. The van der Waals surface area contributed by atoms with Gasteiger partial charge in [0, 0.05) is 18.9 Å². The molecule has 0 saturated carbocycles. The van der Waals surface area contributed by atoms with Crippen LogP contribution in [0.1, 0.15) is 40.5 Å². The van der Waals surface area contributed by atoms with E-state index in [-0.39, 0.29) is 24.3 Å². The summed E-state index contributed by atoms with van der Waals surface area (Å²) in [7, 11) is 0. The average molecular weight is 398 g/mol. The smallest absolute Gasteiger partial charge is 0.253 e. The Hall–Kier alpha value is -0.780. The van der Waals surface area contributed by atoms with Gasteiger partial charge in [-0.15, -0.1) is 0 Å². The summed E-state index contributed by atoms with van der Waals surface area (Å²) in [5, 5.41) is 2.57. The monoisotopic (exact) mass is 396 g/mol. The predicted octanol–water partition coefficient (Wildman–Crippen LogP) is 3.23. The lowest BCUT2D eigenvalue weighted by molar-refractivity contribution is -0.146. The van der Waals surface area contributed by atoms with E-state index in [1.807, 2.05) is 13.8 Å². The molecule has 1 N–H and O–H groups in total.